The van der Waals surface area contributed by atoms with Gasteiger partial charge in [-0.05, 0) is 37.1 Å². The van der Waals surface area contributed by atoms with Crippen molar-refractivity contribution in [2.45, 2.75) is 18.4 Å². The van der Waals surface area contributed by atoms with E-state index < -0.39 is 5.54 Å². The number of hydrogen-bond donors (Lipinski definition) is 3. The monoisotopic (exact) mass is 282 g/mol. The predicted octanol–water partition coefficient (Wildman–Crippen LogP) is 0.711. The van der Waals surface area contributed by atoms with Gasteiger partial charge in [0.15, 0.2) is 0 Å². The minimum atomic E-state index is -0.456. The van der Waals surface area contributed by atoms with Crippen molar-refractivity contribution in [2.75, 3.05) is 13.2 Å². The Labute approximate surface area is 116 Å². The van der Waals surface area contributed by atoms with E-state index in [9.17, 15) is 9.59 Å². The Hall–Kier alpha value is -1.59. The lowest BCUT2D eigenvalue weighted by Crippen LogP contribution is -2.45. The summed E-state index contributed by atoms with van der Waals surface area (Å²) in [4.78, 5) is 23.3. The molecule has 1 fully saturated rings. The maximum atomic E-state index is 11.7. The molecule has 3 N–H and O–H groups in total. The highest BCUT2D eigenvalue weighted by Crippen LogP contribution is 2.34. The Morgan fingerprint density at radius 1 is 1.26 bits per heavy atom. The van der Waals surface area contributed by atoms with Gasteiger partial charge in [0.25, 0.3) is 5.91 Å². The lowest BCUT2D eigenvalue weighted by atomic mass is 10.2. The van der Waals surface area contributed by atoms with Gasteiger partial charge >= 0.3 is 0 Å². The van der Waals surface area contributed by atoms with Crippen LogP contribution in [0, 0.1) is 0 Å². The summed E-state index contributed by atoms with van der Waals surface area (Å²) in [5, 5.41) is 14.8. The van der Waals surface area contributed by atoms with Crippen LogP contribution >= 0.6 is 11.6 Å². The molecule has 0 radical (unpaired) electrons. The van der Waals surface area contributed by atoms with Crippen molar-refractivity contribution < 1.29 is 14.7 Å². The molecule has 0 unspecified atom stereocenters. The zero-order chi connectivity index (χ0) is 13.9. The fourth-order valence-corrected chi connectivity index (χ4v) is 1.80. The van der Waals surface area contributed by atoms with Crippen molar-refractivity contribution in [3.8, 4) is 0 Å². The molecule has 1 saturated carbocycles. The second-order valence-electron chi connectivity index (χ2n) is 4.68. The summed E-state index contributed by atoms with van der Waals surface area (Å²) < 4.78 is 0. The summed E-state index contributed by atoms with van der Waals surface area (Å²) in [6, 6.07) is 6.40. The standard InChI is InChI=1S/C13H15ClN2O3/c14-10-3-1-9(2-4-10)12(19)15-7-11(18)16-13(8-17)5-6-13/h1-4,17H,5-8H2,(H,15,19)(H,16,18). The van der Waals surface area contributed by atoms with Crippen LogP contribution in [0.3, 0.4) is 0 Å². The molecule has 5 nitrogen and oxygen atoms in total. The van der Waals surface area contributed by atoms with Crippen molar-refractivity contribution >= 4 is 23.4 Å². The number of hydrogen-bond acceptors (Lipinski definition) is 3. The number of rotatable bonds is 5. The first kappa shape index (κ1) is 13.8. The maximum Gasteiger partial charge on any atom is 0.251 e. The molecule has 0 spiro atoms. The molecular formula is C13H15ClN2O3. The molecule has 2 rings (SSSR count). The zero-order valence-electron chi connectivity index (χ0n) is 10.3. The Balaban J connectivity index is 1.80. The van der Waals surface area contributed by atoms with Crippen molar-refractivity contribution in [2.24, 2.45) is 0 Å². The second-order valence-corrected chi connectivity index (χ2v) is 5.11. The van der Waals surface area contributed by atoms with Crippen LogP contribution in [0.1, 0.15) is 23.2 Å². The van der Waals surface area contributed by atoms with Gasteiger partial charge in [0, 0.05) is 10.6 Å². The molecule has 1 aliphatic carbocycles. The van der Waals surface area contributed by atoms with Crippen molar-refractivity contribution in [3.05, 3.63) is 34.9 Å². The number of carbonyl (C=O) groups excluding carboxylic acids is 2. The lowest BCUT2D eigenvalue weighted by Gasteiger charge is -2.14. The van der Waals surface area contributed by atoms with Gasteiger partial charge in [0.05, 0.1) is 18.7 Å². The highest BCUT2D eigenvalue weighted by molar-refractivity contribution is 6.30. The molecule has 1 aromatic carbocycles. The quantitative estimate of drug-likeness (QED) is 0.744. The second kappa shape index (κ2) is 5.59. The molecule has 19 heavy (non-hydrogen) atoms. The highest BCUT2D eigenvalue weighted by Gasteiger charge is 2.43. The Bertz CT molecular complexity index is 483. The van der Waals surface area contributed by atoms with Gasteiger partial charge in [-0.2, -0.15) is 0 Å². The first-order chi connectivity index (χ1) is 9.04. The van der Waals surface area contributed by atoms with Crippen LogP contribution in [0.5, 0.6) is 0 Å². The van der Waals surface area contributed by atoms with E-state index in [1.807, 2.05) is 0 Å². The summed E-state index contributed by atoms with van der Waals surface area (Å²) in [5.41, 5.74) is -0.0114. The largest absolute Gasteiger partial charge is 0.394 e. The Morgan fingerprint density at radius 2 is 1.89 bits per heavy atom. The average molecular weight is 283 g/mol. The summed E-state index contributed by atoms with van der Waals surface area (Å²) in [6.07, 6.45) is 1.56. The molecule has 0 atom stereocenters. The minimum absolute atomic E-state index is 0.0656. The number of benzene rings is 1. The third-order valence-corrected chi connectivity index (χ3v) is 3.33. The van der Waals surface area contributed by atoms with E-state index in [4.69, 9.17) is 16.7 Å². The van der Waals surface area contributed by atoms with E-state index in [1.165, 1.54) is 0 Å². The number of aliphatic hydroxyl groups excluding tert-OH is 1. The third kappa shape index (κ3) is 3.68. The molecule has 0 saturated heterocycles. The van der Waals surface area contributed by atoms with Crippen molar-refractivity contribution in [1.82, 2.24) is 10.6 Å². The fourth-order valence-electron chi connectivity index (χ4n) is 1.68. The van der Waals surface area contributed by atoms with Crippen LogP contribution in [0.2, 0.25) is 5.02 Å². The third-order valence-electron chi connectivity index (χ3n) is 3.08. The van der Waals surface area contributed by atoms with E-state index in [-0.39, 0.29) is 25.0 Å². The van der Waals surface area contributed by atoms with Crippen LogP contribution in [0.4, 0.5) is 0 Å². The van der Waals surface area contributed by atoms with Gasteiger partial charge in [-0.1, -0.05) is 11.6 Å². The lowest BCUT2D eigenvalue weighted by molar-refractivity contribution is -0.121. The van der Waals surface area contributed by atoms with E-state index in [2.05, 4.69) is 10.6 Å². The van der Waals surface area contributed by atoms with Gasteiger partial charge in [0.2, 0.25) is 5.91 Å². The molecule has 0 heterocycles. The van der Waals surface area contributed by atoms with Gasteiger partial charge in [-0.3, -0.25) is 9.59 Å². The average Bonchev–Trinajstić information content (AvgIpc) is 3.17. The normalized spacial score (nSPS) is 15.7. The van der Waals surface area contributed by atoms with Gasteiger partial charge in [-0.15, -0.1) is 0 Å². The summed E-state index contributed by atoms with van der Waals surface area (Å²) >= 11 is 5.72. The summed E-state index contributed by atoms with van der Waals surface area (Å²) in [7, 11) is 0. The van der Waals surface area contributed by atoms with E-state index in [0.29, 0.717) is 10.6 Å². The topological polar surface area (TPSA) is 78.4 Å². The van der Waals surface area contributed by atoms with E-state index in [0.717, 1.165) is 12.8 Å². The predicted molar refractivity (Wildman–Crippen MR) is 71.0 cm³/mol. The minimum Gasteiger partial charge on any atom is -0.394 e. The van der Waals surface area contributed by atoms with Crippen molar-refractivity contribution in [1.29, 1.82) is 0 Å². The summed E-state index contributed by atoms with van der Waals surface area (Å²) in [5.74, 6) is -0.630. The SMILES string of the molecule is O=C(CNC(=O)c1ccc(Cl)cc1)NC1(CO)CC1. The van der Waals surface area contributed by atoms with Crippen LogP contribution < -0.4 is 10.6 Å². The zero-order valence-corrected chi connectivity index (χ0v) is 11.0. The van der Waals surface area contributed by atoms with Gasteiger partial charge < -0.3 is 15.7 Å². The highest BCUT2D eigenvalue weighted by atomic mass is 35.5. The number of carbonyl (C=O) groups is 2. The number of amides is 2. The fraction of sp³-hybridized carbons (Fsp3) is 0.385. The summed E-state index contributed by atoms with van der Waals surface area (Å²) in [6.45, 7) is -0.174. The molecule has 1 aromatic rings. The molecule has 0 bridgehead atoms. The van der Waals surface area contributed by atoms with Crippen molar-refractivity contribution in [3.63, 3.8) is 0 Å². The molecular weight excluding hydrogens is 268 g/mol. The molecule has 0 aliphatic heterocycles. The molecule has 6 heteroatoms. The maximum absolute atomic E-state index is 11.7. The van der Waals surface area contributed by atoms with Crippen LogP contribution in [0.15, 0.2) is 24.3 Å². The Kier molecular flexibility index (Phi) is 4.07. The Morgan fingerprint density at radius 3 is 2.42 bits per heavy atom. The molecule has 102 valence electrons. The molecule has 2 amide bonds. The first-order valence-electron chi connectivity index (χ1n) is 6.00. The smallest absolute Gasteiger partial charge is 0.251 e. The van der Waals surface area contributed by atoms with Crippen LogP contribution in [0.25, 0.3) is 0 Å². The first-order valence-corrected chi connectivity index (χ1v) is 6.38. The number of halogens is 1. The molecule has 1 aliphatic rings. The van der Waals surface area contributed by atoms with Crippen LogP contribution in [-0.4, -0.2) is 35.6 Å². The van der Waals surface area contributed by atoms with Crippen LogP contribution in [-0.2, 0) is 4.79 Å². The molecule has 0 aromatic heterocycles. The van der Waals surface area contributed by atoms with E-state index in [1.54, 1.807) is 24.3 Å². The number of aliphatic hydroxyl groups is 1. The number of nitrogens with one attached hydrogen (secondary N) is 2. The van der Waals surface area contributed by atoms with E-state index >= 15 is 0 Å². The van der Waals surface area contributed by atoms with Gasteiger partial charge in [-0.25, -0.2) is 0 Å². The van der Waals surface area contributed by atoms with Gasteiger partial charge in [0.1, 0.15) is 0 Å².